The summed E-state index contributed by atoms with van der Waals surface area (Å²) in [5, 5.41) is 9.84. The van der Waals surface area contributed by atoms with Gasteiger partial charge in [-0.1, -0.05) is 29.3 Å². The minimum atomic E-state index is -0.325. The van der Waals surface area contributed by atoms with Crippen LogP contribution in [0.3, 0.4) is 0 Å². The van der Waals surface area contributed by atoms with Crippen molar-refractivity contribution in [3.05, 3.63) is 75.5 Å². The number of halogens is 2. The molecule has 0 aliphatic carbocycles. The number of fused-ring (bicyclic) bond motifs is 1. The molecule has 0 aliphatic heterocycles. The highest BCUT2D eigenvalue weighted by Crippen LogP contribution is 2.24. The zero-order valence-electron chi connectivity index (χ0n) is 21.1. The molecule has 0 saturated carbocycles. The van der Waals surface area contributed by atoms with Gasteiger partial charge in [0.25, 0.3) is 5.91 Å². The number of rotatable bonds is 10. The highest BCUT2D eigenvalue weighted by molar-refractivity contribution is 6.35. The third kappa shape index (κ3) is 5.66. The van der Waals surface area contributed by atoms with Crippen LogP contribution in [0, 0.1) is 5.41 Å². The maximum absolute atomic E-state index is 13.0. The first-order valence-electron chi connectivity index (χ1n) is 11.7. The number of para-hydroxylation sites is 1. The van der Waals surface area contributed by atoms with E-state index >= 15 is 0 Å². The number of hydrogen-bond donors (Lipinski definition) is 1. The maximum Gasteiger partial charge on any atom is 0.320 e. The molecule has 0 saturated heterocycles. The largest absolute Gasteiger partial charge is 0.481 e. The molecular formula is C26H26Cl2N6O4. The normalized spacial score (nSPS) is 11.0. The van der Waals surface area contributed by atoms with Gasteiger partial charge in [0.05, 0.1) is 36.8 Å². The van der Waals surface area contributed by atoms with E-state index in [0.717, 1.165) is 0 Å². The van der Waals surface area contributed by atoms with E-state index in [1.54, 1.807) is 52.6 Å². The molecule has 0 unspecified atom stereocenters. The fourth-order valence-electron chi connectivity index (χ4n) is 4.08. The molecule has 4 aromatic rings. The van der Waals surface area contributed by atoms with Gasteiger partial charge in [0.2, 0.25) is 11.5 Å². The first kappa shape index (κ1) is 27.2. The molecule has 0 radical (unpaired) electrons. The number of ketones is 1. The molecule has 0 aliphatic rings. The number of benzene rings is 2. The smallest absolute Gasteiger partial charge is 0.320 e. The number of carbonyl (C=O) groups is 2. The van der Waals surface area contributed by atoms with Crippen LogP contribution in [0.1, 0.15) is 27.3 Å². The van der Waals surface area contributed by atoms with Crippen molar-refractivity contribution in [3.63, 3.8) is 0 Å². The number of Topliss-reactive ketones (excluding diaryl/α,β-unsaturated/α-hetero) is 1. The quantitative estimate of drug-likeness (QED) is 0.294. The lowest BCUT2D eigenvalue weighted by molar-refractivity contribution is 0.0783. The third-order valence-corrected chi connectivity index (χ3v) is 6.58. The molecule has 1 amide bonds. The van der Waals surface area contributed by atoms with Crippen LogP contribution >= 0.6 is 23.2 Å². The van der Waals surface area contributed by atoms with E-state index in [0.29, 0.717) is 46.2 Å². The van der Waals surface area contributed by atoms with E-state index in [2.05, 4.69) is 9.97 Å². The van der Waals surface area contributed by atoms with Crippen LogP contribution in [0.2, 0.25) is 10.0 Å². The van der Waals surface area contributed by atoms with E-state index in [1.807, 2.05) is 6.07 Å². The lowest BCUT2D eigenvalue weighted by atomic mass is 10.1. The van der Waals surface area contributed by atoms with Crippen molar-refractivity contribution in [3.8, 4) is 11.9 Å². The van der Waals surface area contributed by atoms with Crippen LogP contribution in [0.4, 0.5) is 0 Å². The number of amides is 1. The summed E-state index contributed by atoms with van der Waals surface area (Å²) >= 11 is 12.5. The number of nitrogens with one attached hydrogen (secondary N) is 1. The van der Waals surface area contributed by atoms with Crippen LogP contribution in [0.5, 0.6) is 11.9 Å². The average Bonchev–Trinajstić information content (AvgIpc) is 3.19. The Hall–Kier alpha value is -3.89. The number of nitrogens with zero attached hydrogens (tertiary/aromatic N) is 5. The summed E-state index contributed by atoms with van der Waals surface area (Å²) in [5.41, 5.74) is 2.11. The van der Waals surface area contributed by atoms with Crippen molar-refractivity contribution in [2.45, 2.75) is 19.5 Å². The number of aryl methyl sites for hydroxylation is 1. The lowest BCUT2D eigenvalue weighted by Gasteiger charge is -2.17. The molecule has 1 N–H and O–H groups in total. The maximum atomic E-state index is 13.0. The topological polar surface area (TPSA) is 115 Å². The fraction of sp³-hybridized carbons (Fsp3) is 0.269. The van der Waals surface area contributed by atoms with Crippen molar-refractivity contribution in [2.75, 3.05) is 27.8 Å². The summed E-state index contributed by atoms with van der Waals surface area (Å²) in [5.74, 6) is -0.257. The molecular weight excluding hydrogens is 531 g/mol. The summed E-state index contributed by atoms with van der Waals surface area (Å²) < 4.78 is 13.6. The number of aromatic nitrogens is 4. The first-order chi connectivity index (χ1) is 18.2. The summed E-state index contributed by atoms with van der Waals surface area (Å²) in [6.45, 7) is 0.746. The molecule has 12 heteroatoms. The fourth-order valence-corrected chi connectivity index (χ4v) is 4.47. The van der Waals surface area contributed by atoms with Gasteiger partial charge in [-0.15, -0.1) is 0 Å². The van der Waals surface area contributed by atoms with Gasteiger partial charge in [-0.05, 0) is 42.8 Å². The van der Waals surface area contributed by atoms with E-state index < -0.39 is 0 Å². The summed E-state index contributed by atoms with van der Waals surface area (Å²) in [4.78, 5) is 35.6. The predicted molar refractivity (Wildman–Crippen MR) is 143 cm³/mol. The Morgan fingerprint density at radius 2 is 1.76 bits per heavy atom. The molecule has 2 heterocycles. The van der Waals surface area contributed by atoms with E-state index in [4.69, 9.17) is 38.1 Å². The first-order valence-corrected chi connectivity index (χ1v) is 12.4. The van der Waals surface area contributed by atoms with Gasteiger partial charge in [-0.25, -0.2) is 0 Å². The molecule has 0 bridgehead atoms. The van der Waals surface area contributed by atoms with Crippen molar-refractivity contribution in [2.24, 2.45) is 0 Å². The number of imidazole rings is 1. The summed E-state index contributed by atoms with van der Waals surface area (Å²) in [6.07, 6.45) is 0.521. The van der Waals surface area contributed by atoms with Crippen molar-refractivity contribution in [1.29, 1.82) is 5.41 Å². The Balaban J connectivity index is 1.53. The van der Waals surface area contributed by atoms with Crippen LogP contribution in [0.15, 0.2) is 48.5 Å². The van der Waals surface area contributed by atoms with Gasteiger partial charge in [-0.3, -0.25) is 15.0 Å². The van der Waals surface area contributed by atoms with Gasteiger partial charge in [0, 0.05) is 36.8 Å². The molecule has 198 valence electrons. The molecule has 10 nitrogen and oxygen atoms in total. The zero-order valence-corrected chi connectivity index (χ0v) is 22.6. The Morgan fingerprint density at radius 3 is 2.45 bits per heavy atom. The summed E-state index contributed by atoms with van der Waals surface area (Å²) in [7, 11) is 4.52. The van der Waals surface area contributed by atoms with Crippen LogP contribution in [0.25, 0.3) is 11.0 Å². The monoisotopic (exact) mass is 556 g/mol. The molecule has 0 fully saturated rings. The third-order valence-electron chi connectivity index (χ3n) is 6.02. The van der Waals surface area contributed by atoms with Crippen molar-refractivity contribution in [1.82, 2.24) is 24.0 Å². The minimum Gasteiger partial charge on any atom is -0.481 e. The van der Waals surface area contributed by atoms with Crippen molar-refractivity contribution < 1.29 is 19.1 Å². The van der Waals surface area contributed by atoms with Crippen LogP contribution in [-0.4, -0.2) is 63.5 Å². The molecule has 38 heavy (non-hydrogen) atoms. The van der Waals surface area contributed by atoms with Gasteiger partial charge < -0.3 is 23.5 Å². The molecule has 4 rings (SSSR count). The Morgan fingerprint density at radius 1 is 1.03 bits per heavy atom. The minimum absolute atomic E-state index is 0.0277. The van der Waals surface area contributed by atoms with Crippen LogP contribution in [-0.2, 0) is 13.1 Å². The van der Waals surface area contributed by atoms with Crippen LogP contribution < -0.4 is 15.1 Å². The Bertz CT molecular complexity index is 1530. The zero-order chi connectivity index (χ0) is 27.4. The molecule has 2 aromatic carbocycles. The second-order valence-corrected chi connectivity index (χ2v) is 9.31. The number of carbonyl (C=O) groups excluding carboxylic acids is 2. The van der Waals surface area contributed by atoms with E-state index in [-0.39, 0.29) is 41.4 Å². The van der Waals surface area contributed by atoms with Gasteiger partial charge in [0.15, 0.2) is 5.78 Å². The standard InChI is InChI=1S/C26H26Cl2N6O4/c1-32(24(36)19-14-22(37-2)31-26(30-19)38-3)12-5-13-33-23-18(28)6-4-7-20(23)34(25(33)29)15-21(35)16-8-10-17(27)11-9-16/h4,6-11,14,29H,5,12-13,15H2,1-3H3. The molecule has 2 aromatic heterocycles. The second kappa shape index (κ2) is 11.7. The number of hydrogen-bond acceptors (Lipinski definition) is 7. The summed E-state index contributed by atoms with van der Waals surface area (Å²) in [6, 6.07) is 13.5. The Labute approximate surface area is 228 Å². The van der Waals surface area contributed by atoms with E-state index in [1.165, 1.54) is 25.2 Å². The van der Waals surface area contributed by atoms with Gasteiger partial charge >= 0.3 is 6.01 Å². The van der Waals surface area contributed by atoms with Gasteiger partial charge in [-0.2, -0.15) is 9.97 Å². The highest BCUT2D eigenvalue weighted by Gasteiger charge is 2.19. The molecule has 0 atom stereocenters. The molecule has 0 spiro atoms. The Kier molecular flexibility index (Phi) is 8.33. The van der Waals surface area contributed by atoms with E-state index in [9.17, 15) is 9.59 Å². The SMILES string of the molecule is COc1cc(C(=O)N(C)CCCn2c(=N)n(CC(=O)c3ccc(Cl)cc3)c3cccc(Cl)c32)nc(OC)n1. The van der Waals surface area contributed by atoms with Crippen molar-refractivity contribution >= 4 is 45.9 Å². The number of ether oxygens (including phenoxy) is 2. The second-order valence-electron chi connectivity index (χ2n) is 8.46. The predicted octanol–water partition coefficient (Wildman–Crippen LogP) is 4.08. The highest BCUT2D eigenvalue weighted by atomic mass is 35.5. The number of methoxy groups -OCH3 is 2. The average molecular weight is 557 g/mol. The van der Waals surface area contributed by atoms with Gasteiger partial charge in [0.1, 0.15) is 5.69 Å². The lowest BCUT2D eigenvalue weighted by Crippen LogP contribution is -2.31.